The molecule has 2 aromatic heterocycles. The first-order valence-electron chi connectivity index (χ1n) is 17.5. The number of benzene rings is 6. The summed E-state index contributed by atoms with van der Waals surface area (Å²) >= 11 is 0. The van der Waals surface area contributed by atoms with Gasteiger partial charge in [0.25, 0.3) is 0 Å². The van der Waals surface area contributed by atoms with Crippen LogP contribution in [0.15, 0.2) is 168 Å². The molecule has 2 heterocycles. The standard InChI is InChI=1S/C47H36N4/c1-32(34-18-5-3-6-19-34)48-47(49-33(2)35-20-7-4-8-21-35)39-25-12-16-29-43(39)51-42-28-15-11-24-38(42)46-44(30-17-31-45(46)51)50-40-26-13-9-22-36(40)37-23-10-14-27-41(37)50/h3-9,11-13,15-31H,1,10,14H2,2H3. The molecule has 0 N–H and O–H groups in total. The number of hydrogen-bond donors (Lipinski definition) is 0. The molecule has 51 heavy (non-hydrogen) atoms. The highest BCUT2D eigenvalue weighted by Gasteiger charge is 2.21. The lowest BCUT2D eigenvalue weighted by Gasteiger charge is -2.15. The molecule has 9 rings (SSSR count). The second kappa shape index (κ2) is 12.7. The summed E-state index contributed by atoms with van der Waals surface area (Å²) in [7, 11) is 0. The molecule has 1 aliphatic rings. The van der Waals surface area contributed by atoms with Gasteiger partial charge in [0.1, 0.15) is 0 Å². The Labute approximate surface area is 297 Å². The number of para-hydroxylation sites is 3. The van der Waals surface area contributed by atoms with E-state index in [1.165, 1.54) is 37.9 Å². The number of aromatic nitrogens is 2. The van der Waals surface area contributed by atoms with Gasteiger partial charge in [-0.25, -0.2) is 9.98 Å². The number of hydrogen-bond acceptors (Lipinski definition) is 1. The van der Waals surface area contributed by atoms with Crippen LogP contribution in [0.25, 0.3) is 61.9 Å². The van der Waals surface area contributed by atoms with E-state index in [-0.39, 0.29) is 0 Å². The van der Waals surface area contributed by atoms with Crippen LogP contribution in [-0.2, 0) is 0 Å². The molecular formula is C47H36N4. The van der Waals surface area contributed by atoms with Crippen molar-refractivity contribution in [1.82, 2.24) is 9.13 Å². The molecule has 0 fully saturated rings. The number of amidine groups is 1. The van der Waals surface area contributed by atoms with Gasteiger partial charge in [-0.3, -0.25) is 0 Å². The molecule has 0 amide bonds. The van der Waals surface area contributed by atoms with Gasteiger partial charge in [-0.2, -0.15) is 0 Å². The van der Waals surface area contributed by atoms with Crippen LogP contribution in [0.1, 0.15) is 36.5 Å². The number of rotatable bonds is 6. The van der Waals surface area contributed by atoms with Gasteiger partial charge in [-0.05, 0) is 67.3 Å². The van der Waals surface area contributed by atoms with Gasteiger partial charge in [0.2, 0.25) is 0 Å². The van der Waals surface area contributed by atoms with E-state index < -0.39 is 0 Å². The zero-order valence-electron chi connectivity index (χ0n) is 28.5. The zero-order chi connectivity index (χ0) is 34.3. The maximum absolute atomic E-state index is 5.23. The van der Waals surface area contributed by atoms with Crippen molar-refractivity contribution in [2.45, 2.75) is 19.8 Å². The third kappa shape index (κ3) is 5.24. The Morgan fingerprint density at radius 2 is 1.12 bits per heavy atom. The Kier molecular flexibility index (Phi) is 7.63. The molecule has 0 bridgehead atoms. The molecule has 0 aliphatic heterocycles. The van der Waals surface area contributed by atoms with Crippen LogP contribution < -0.4 is 10.6 Å². The summed E-state index contributed by atoms with van der Waals surface area (Å²) in [5, 5.41) is 6.29. The van der Waals surface area contributed by atoms with Crippen LogP contribution in [0.5, 0.6) is 0 Å². The Balaban J connectivity index is 1.32. The molecule has 0 atom stereocenters. The Morgan fingerprint density at radius 3 is 1.90 bits per heavy atom. The van der Waals surface area contributed by atoms with Crippen LogP contribution in [0.2, 0.25) is 0 Å². The molecule has 8 aromatic rings. The second-order valence-corrected chi connectivity index (χ2v) is 13.0. The second-order valence-electron chi connectivity index (χ2n) is 13.0. The summed E-state index contributed by atoms with van der Waals surface area (Å²) in [6, 6.07) is 53.1. The van der Waals surface area contributed by atoms with E-state index in [1.807, 2.05) is 55.5 Å². The first kappa shape index (κ1) is 30.5. The van der Waals surface area contributed by atoms with Gasteiger partial charge in [0.05, 0.1) is 33.6 Å². The minimum Gasteiger partial charge on any atom is -0.309 e. The van der Waals surface area contributed by atoms with Gasteiger partial charge in [-0.1, -0.05) is 134 Å². The highest BCUT2D eigenvalue weighted by Crippen LogP contribution is 2.37. The highest BCUT2D eigenvalue weighted by atomic mass is 15.0. The topological polar surface area (TPSA) is 34.6 Å². The van der Waals surface area contributed by atoms with E-state index in [0.717, 1.165) is 52.0 Å². The molecule has 0 radical (unpaired) electrons. The molecule has 6 aromatic carbocycles. The van der Waals surface area contributed by atoms with E-state index in [2.05, 4.69) is 131 Å². The van der Waals surface area contributed by atoms with Gasteiger partial charge < -0.3 is 9.13 Å². The predicted molar refractivity (Wildman–Crippen MR) is 216 cm³/mol. The molecule has 244 valence electrons. The van der Waals surface area contributed by atoms with Crippen molar-refractivity contribution in [1.29, 1.82) is 0 Å². The largest absolute Gasteiger partial charge is 0.309 e. The van der Waals surface area contributed by atoms with Crippen LogP contribution in [0.3, 0.4) is 0 Å². The SMILES string of the molecule is C=C(N=C(N=C(C)c1ccccc1)c1ccccc1-n1c2ccccc2c2c(-n3c4c(c5ccccc53)=CCCC=4)cccc21)c1ccccc1. The monoisotopic (exact) mass is 656 g/mol. The summed E-state index contributed by atoms with van der Waals surface area (Å²) < 4.78 is 4.85. The number of aliphatic imine (C=N–C) groups is 2. The molecular weight excluding hydrogens is 621 g/mol. The summed E-state index contributed by atoms with van der Waals surface area (Å²) in [5.41, 5.74) is 10.1. The number of nitrogens with zero attached hydrogens (tertiary/aromatic N) is 4. The molecule has 0 saturated heterocycles. The maximum Gasteiger partial charge on any atom is 0.162 e. The van der Waals surface area contributed by atoms with E-state index in [9.17, 15) is 0 Å². The lowest BCUT2D eigenvalue weighted by molar-refractivity contribution is 1.03. The fourth-order valence-electron chi connectivity index (χ4n) is 7.58. The third-order valence-corrected chi connectivity index (χ3v) is 9.92. The zero-order valence-corrected chi connectivity index (χ0v) is 28.5. The fourth-order valence-corrected chi connectivity index (χ4v) is 7.58. The van der Waals surface area contributed by atoms with Crippen LogP contribution in [0.4, 0.5) is 0 Å². The van der Waals surface area contributed by atoms with E-state index >= 15 is 0 Å². The van der Waals surface area contributed by atoms with E-state index in [1.54, 1.807) is 0 Å². The maximum atomic E-state index is 5.23. The molecule has 4 heteroatoms. The van der Waals surface area contributed by atoms with Crippen molar-refractivity contribution >= 4 is 62.1 Å². The average Bonchev–Trinajstić information content (AvgIpc) is 3.71. The molecule has 0 unspecified atom stereocenters. The average molecular weight is 657 g/mol. The molecule has 0 spiro atoms. The van der Waals surface area contributed by atoms with Gasteiger partial charge in [0, 0.05) is 38.0 Å². The minimum atomic E-state index is 0.610. The first-order valence-corrected chi connectivity index (χ1v) is 17.5. The lowest BCUT2D eigenvalue weighted by atomic mass is 10.1. The van der Waals surface area contributed by atoms with E-state index in [4.69, 9.17) is 9.98 Å². The van der Waals surface area contributed by atoms with Crippen LogP contribution in [-0.4, -0.2) is 20.7 Å². The highest BCUT2D eigenvalue weighted by molar-refractivity contribution is 6.17. The van der Waals surface area contributed by atoms with Crippen molar-refractivity contribution in [3.63, 3.8) is 0 Å². The fraction of sp³-hybridized carbons (Fsp3) is 0.0638. The van der Waals surface area contributed by atoms with Gasteiger partial charge in [-0.15, -0.1) is 0 Å². The summed E-state index contributed by atoms with van der Waals surface area (Å²) in [6.07, 6.45) is 6.90. The van der Waals surface area contributed by atoms with E-state index in [0.29, 0.717) is 11.5 Å². The smallest absolute Gasteiger partial charge is 0.162 e. The Hall–Kier alpha value is -6.52. The van der Waals surface area contributed by atoms with Crippen molar-refractivity contribution in [3.05, 3.63) is 185 Å². The minimum absolute atomic E-state index is 0.610. The quantitative estimate of drug-likeness (QED) is 0.126. The Bertz CT molecular complexity index is 2810. The third-order valence-electron chi connectivity index (χ3n) is 9.92. The predicted octanol–water partition coefficient (Wildman–Crippen LogP) is 10.0. The van der Waals surface area contributed by atoms with Gasteiger partial charge >= 0.3 is 0 Å². The van der Waals surface area contributed by atoms with Crippen molar-refractivity contribution in [2.75, 3.05) is 0 Å². The van der Waals surface area contributed by atoms with Crippen molar-refractivity contribution < 1.29 is 0 Å². The summed E-state index contributed by atoms with van der Waals surface area (Å²) in [4.78, 5) is 10.4. The van der Waals surface area contributed by atoms with Crippen molar-refractivity contribution in [2.24, 2.45) is 9.98 Å². The Morgan fingerprint density at radius 1 is 0.529 bits per heavy atom. The van der Waals surface area contributed by atoms with Crippen LogP contribution in [0, 0.1) is 0 Å². The van der Waals surface area contributed by atoms with Crippen molar-refractivity contribution in [3.8, 4) is 11.4 Å². The van der Waals surface area contributed by atoms with Gasteiger partial charge in [0.15, 0.2) is 5.84 Å². The number of fused-ring (bicyclic) bond motifs is 6. The summed E-state index contributed by atoms with van der Waals surface area (Å²) in [5.74, 6) is 0.610. The molecule has 1 aliphatic carbocycles. The normalized spacial score (nSPS) is 13.3. The van der Waals surface area contributed by atoms with Crippen LogP contribution >= 0.6 is 0 Å². The molecule has 0 saturated carbocycles. The summed E-state index contributed by atoms with van der Waals surface area (Å²) in [6.45, 7) is 6.43. The molecule has 4 nitrogen and oxygen atoms in total. The first-order chi connectivity index (χ1) is 25.2. The lowest BCUT2D eigenvalue weighted by Crippen LogP contribution is -2.30.